The fourth-order valence-corrected chi connectivity index (χ4v) is 2.02. The Balaban J connectivity index is 2.16. The number of aromatic nitrogens is 1. The summed E-state index contributed by atoms with van der Waals surface area (Å²) >= 11 is 0. The minimum absolute atomic E-state index is 0.206. The lowest BCUT2D eigenvalue weighted by Crippen LogP contribution is -2.25. The van der Waals surface area contributed by atoms with Crippen LogP contribution >= 0.6 is 0 Å². The van der Waals surface area contributed by atoms with Gasteiger partial charge in [0.15, 0.2) is 0 Å². The second kappa shape index (κ2) is 7.22. The summed E-state index contributed by atoms with van der Waals surface area (Å²) in [6.45, 7) is 5.89. The Labute approximate surface area is 130 Å². The van der Waals surface area contributed by atoms with Crippen LogP contribution in [0.4, 0.5) is 0 Å². The van der Waals surface area contributed by atoms with E-state index in [0.717, 1.165) is 11.1 Å². The van der Waals surface area contributed by atoms with Crippen LogP contribution < -0.4 is 11.1 Å². The first-order valence-electron chi connectivity index (χ1n) is 6.99. The Bertz CT molecular complexity index is 705. The van der Waals surface area contributed by atoms with Crippen LogP contribution in [0.3, 0.4) is 0 Å². The van der Waals surface area contributed by atoms with Gasteiger partial charge < -0.3 is 11.1 Å². The van der Waals surface area contributed by atoms with Gasteiger partial charge in [0.25, 0.3) is 0 Å². The van der Waals surface area contributed by atoms with E-state index in [-0.39, 0.29) is 5.91 Å². The maximum absolute atomic E-state index is 12.2. The third-order valence-electron chi connectivity index (χ3n) is 3.35. The molecule has 0 unspecified atom stereocenters. The molecule has 0 aliphatic rings. The van der Waals surface area contributed by atoms with E-state index in [1.807, 2.05) is 36.4 Å². The van der Waals surface area contributed by atoms with Crippen LogP contribution in [0.25, 0.3) is 11.8 Å². The molecule has 0 saturated heterocycles. The van der Waals surface area contributed by atoms with Crippen LogP contribution in [-0.4, -0.2) is 10.9 Å². The molecular formula is C18H19N3O. The van der Waals surface area contributed by atoms with Crippen molar-refractivity contribution in [3.63, 3.8) is 0 Å². The number of nitrogens with zero attached hydrogens (tertiary/aromatic N) is 1. The molecule has 1 aromatic heterocycles. The first-order chi connectivity index (χ1) is 10.6. The summed E-state index contributed by atoms with van der Waals surface area (Å²) in [6, 6.07) is 13.4. The Morgan fingerprint density at radius 1 is 1.27 bits per heavy atom. The predicted molar refractivity (Wildman–Crippen MR) is 89.4 cm³/mol. The summed E-state index contributed by atoms with van der Waals surface area (Å²) in [5.41, 5.74) is 9.31. The van der Waals surface area contributed by atoms with Gasteiger partial charge in [0.1, 0.15) is 0 Å². The molecule has 3 N–H and O–H groups in total. The first-order valence-corrected chi connectivity index (χ1v) is 6.99. The van der Waals surface area contributed by atoms with Gasteiger partial charge >= 0.3 is 0 Å². The molecule has 0 aliphatic carbocycles. The van der Waals surface area contributed by atoms with Crippen molar-refractivity contribution in [3.05, 3.63) is 77.6 Å². The maximum Gasteiger partial charge on any atom is 0.249 e. The molecule has 2 rings (SSSR count). The van der Waals surface area contributed by atoms with Gasteiger partial charge in [0, 0.05) is 23.9 Å². The van der Waals surface area contributed by atoms with Crippen molar-refractivity contribution < 1.29 is 4.79 Å². The zero-order valence-electron chi connectivity index (χ0n) is 12.5. The van der Waals surface area contributed by atoms with E-state index in [9.17, 15) is 4.79 Å². The molecule has 4 nitrogen and oxygen atoms in total. The van der Waals surface area contributed by atoms with Gasteiger partial charge in [-0.1, -0.05) is 49.1 Å². The van der Waals surface area contributed by atoms with Crippen molar-refractivity contribution in [2.45, 2.75) is 13.5 Å². The summed E-state index contributed by atoms with van der Waals surface area (Å²) in [6.07, 6.45) is 3.31. The summed E-state index contributed by atoms with van der Waals surface area (Å²) in [5, 5.41) is 2.86. The number of rotatable bonds is 5. The molecule has 0 radical (unpaired) electrons. The number of hydrogen-bond donors (Lipinski definition) is 2. The molecule has 0 saturated carbocycles. The summed E-state index contributed by atoms with van der Waals surface area (Å²) in [4.78, 5) is 16.5. The van der Waals surface area contributed by atoms with Crippen molar-refractivity contribution in [1.82, 2.24) is 10.3 Å². The average molecular weight is 293 g/mol. The van der Waals surface area contributed by atoms with E-state index in [1.165, 1.54) is 0 Å². The molecule has 0 atom stereocenters. The van der Waals surface area contributed by atoms with Crippen LogP contribution in [0.2, 0.25) is 0 Å². The molecule has 112 valence electrons. The van der Waals surface area contributed by atoms with Crippen LogP contribution in [0.1, 0.15) is 23.7 Å². The van der Waals surface area contributed by atoms with Crippen LogP contribution in [-0.2, 0) is 11.3 Å². The molecule has 0 bridgehead atoms. The van der Waals surface area contributed by atoms with Crippen molar-refractivity contribution in [3.8, 4) is 0 Å². The highest BCUT2D eigenvalue weighted by Gasteiger charge is 2.12. The molecule has 0 fully saturated rings. The largest absolute Gasteiger partial charge is 0.397 e. The van der Waals surface area contributed by atoms with Crippen molar-refractivity contribution >= 4 is 17.7 Å². The van der Waals surface area contributed by atoms with E-state index in [4.69, 9.17) is 5.73 Å². The van der Waals surface area contributed by atoms with Gasteiger partial charge in [-0.3, -0.25) is 9.78 Å². The molecule has 1 heterocycles. The van der Waals surface area contributed by atoms with Crippen LogP contribution in [0.5, 0.6) is 0 Å². The highest BCUT2D eigenvalue weighted by Crippen LogP contribution is 2.16. The minimum Gasteiger partial charge on any atom is -0.397 e. The zero-order valence-corrected chi connectivity index (χ0v) is 12.5. The lowest BCUT2D eigenvalue weighted by atomic mass is 10.1. The molecular weight excluding hydrogens is 274 g/mol. The van der Waals surface area contributed by atoms with Crippen LogP contribution in [0, 0.1) is 0 Å². The molecule has 22 heavy (non-hydrogen) atoms. The van der Waals surface area contributed by atoms with E-state index in [2.05, 4.69) is 16.9 Å². The second-order valence-corrected chi connectivity index (χ2v) is 4.85. The maximum atomic E-state index is 12.2. The summed E-state index contributed by atoms with van der Waals surface area (Å²) < 4.78 is 0. The topological polar surface area (TPSA) is 68.0 Å². The number of carbonyl (C=O) groups excluding carboxylic acids is 1. The lowest BCUT2D eigenvalue weighted by molar-refractivity contribution is -0.117. The Hall–Kier alpha value is -2.88. The highest BCUT2D eigenvalue weighted by atomic mass is 16.1. The average Bonchev–Trinajstić information content (AvgIpc) is 2.59. The van der Waals surface area contributed by atoms with Gasteiger partial charge in [-0.2, -0.15) is 0 Å². The third kappa shape index (κ3) is 3.61. The SMILES string of the molecule is C=Cc1cccnc1/C(N)=C(\C)C(=O)NCc1ccccc1. The molecule has 1 aromatic carbocycles. The van der Waals surface area contributed by atoms with E-state index < -0.39 is 0 Å². The number of nitrogens with one attached hydrogen (secondary N) is 1. The smallest absolute Gasteiger partial charge is 0.249 e. The number of carbonyl (C=O) groups is 1. The monoisotopic (exact) mass is 293 g/mol. The fourth-order valence-electron chi connectivity index (χ4n) is 2.02. The van der Waals surface area contributed by atoms with Crippen molar-refractivity contribution in [1.29, 1.82) is 0 Å². The van der Waals surface area contributed by atoms with Crippen molar-refractivity contribution in [2.24, 2.45) is 5.73 Å². The third-order valence-corrected chi connectivity index (χ3v) is 3.35. The quantitative estimate of drug-likeness (QED) is 0.833. The van der Waals surface area contributed by atoms with Gasteiger partial charge in [-0.05, 0) is 18.6 Å². The molecule has 0 spiro atoms. The molecule has 0 aliphatic heterocycles. The second-order valence-electron chi connectivity index (χ2n) is 4.85. The lowest BCUT2D eigenvalue weighted by Gasteiger charge is -2.10. The normalized spacial score (nSPS) is 11.5. The summed E-state index contributed by atoms with van der Waals surface area (Å²) in [5.74, 6) is -0.206. The van der Waals surface area contributed by atoms with Gasteiger partial charge in [-0.25, -0.2) is 0 Å². The minimum atomic E-state index is -0.206. The summed E-state index contributed by atoms with van der Waals surface area (Å²) in [7, 11) is 0. The number of hydrogen-bond acceptors (Lipinski definition) is 3. The molecule has 1 amide bonds. The first kappa shape index (κ1) is 15.5. The van der Waals surface area contributed by atoms with Crippen LogP contribution in [0.15, 0.2) is 60.8 Å². The van der Waals surface area contributed by atoms with E-state index in [1.54, 1.807) is 25.3 Å². The fraction of sp³-hybridized carbons (Fsp3) is 0.111. The highest BCUT2D eigenvalue weighted by molar-refractivity contribution is 6.00. The van der Waals surface area contributed by atoms with Gasteiger partial charge in [0.2, 0.25) is 5.91 Å². The van der Waals surface area contributed by atoms with Gasteiger partial charge in [-0.15, -0.1) is 0 Å². The van der Waals surface area contributed by atoms with E-state index >= 15 is 0 Å². The zero-order chi connectivity index (χ0) is 15.9. The molecule has 4 heteroatoms. The Kier molecular flexibility index (Phi) is 5.09. The van der Waals surface area contributed by atoms with Crippen molar-refractivity contribution in [2.75, 3.05) is 0 Å². The van der Waals surface area contributed by atoms with E-state index in [0.29, 0.717) is 23.5 Å². The Morgan fingerprint density at radius 2 is 2.00 bits per heavy atom. The molecule has 2 aromatic rings. The Morgan fingerprint density at radius 3 is 2.68 bits per heavy atom. The number of amides is 1. The number of pyridine rings is 1. The standard InChI is InChI=1S/C18H19N3O/c1-3-15-10-7-11-20-17(15)16(19)13(2)18(22)21-12-14-8-5-4-6-9-14/h3-11H,1,12,19H2,2H3,(H,21,22)/b16-13-. The van der Waals surface area contributed by atoms with Gasteiger partial charge in [0.05, 0.1) is 11.4 Å². The number of benzene rings is 1. The number of nitrogens with two attached hydrogens (primary N) is 1. The predicted octanol–water partition coefficient (Wildman–Crippen LogP) is 2.73.